The van der Waals surface area contributed by atoms with Crippen LogP contribution in [0.5, 0.6) is 5.75 Å². The fourth-order valence-electron chi connectivity index (χ4n) is 5.95. The highest BCUT2D eigenvalue weighted by atomic mass is 16.5. The Morgan fingerprint density at radius 2 is 1.68 bits per heavy atom. The fraction of sp³-hybridized carbons (Fsp3) is 0.528. The second-order valence-corrected chi connectivity index (χ2v) is 12.8. The van der Waals surface area contributed by atoms with E-state index in [1.54, 1.807) is 13.8 Å². The lowest BCUT2D eigenvalue weighted by Gasteiger charge is -2.36. The van der Waals surface area contributed by atoms with Crippen molar-refractivity contribution < 1.29 is 33.8 Å². The molecular weight excluding hydrogens is 600 g/mol. The van der Waals surface area contributed by atoms with Crippen LogP contribution in [-0.2, 0) is 37.0 Å². The number of rotatable bonds is 13. The van der Waals surface area contributed by atoms with Gasteiger partial charge in [0.15, 0.2) is 5.78 Å². The first-order valence-electron chi connectivity index (χ1n) is 16.7. The van der Waals surface area contributed by atoms with Crippen LogP contribution in [-0.4, -0.2) is 75.7 Å². The summed E-state index contributed by atoms with van der Waals surface area (Å²) in [5.41, 5.74) is 0.517. The second kappa shape index (κ2) is 16.5. The molecule has 11 nitrogen and oxygen atoms in total. The van der Waals surface area contributed by atoms with Crippen molar-refractivity contribution in [2.24, 2.45) is 0 Å². The maximum absolute atomic E-state index is 14.0. The van der Waals surface area contributed by atoms with Gasteiger partial charge >= 0.3 is 0 Å². The average molecular weight is 649 g/mol. The second-order valence-electron chi connectivity index (χ2n) is 12.8. The monoisotopic (exact) mass is 648 g/mol. The minimum atomic E-state index is -1.33. The lowest BCUT2D eigenvalue weighted by molar-refractivity contribution is -0.144. The predicted octanol–water partition coefficient (Wildman–Crippen LogP) is 2.97. The number of carbonyl (C=O) groups excluding carboxylic acids is 5. The number of amides is 4. The van der Waals surface area contributed by atoms with Gasteiger partial charge in [-0.25, -0.2) is 0 Å². The Labute approximate surface area is 276 Å². The molecule has 2 heterocycles. The number of unbranched alkanes of at least 4 members (excludes halogenated alkanes) is 2. The molecule has 47 heavy (non-hydrogen) atoms. The predicted molar refractivity (Wildman–Crippen MR) is 176 cm³/mol. The number of fused-ring (bicyclic) bond motifs is 1. The van der Waals surface area contributed by atoms with Gasteiger partial charge in [0, 0.05) is 19.4 Å². The van der Waals surface area contributed by atoms with Gasteiger partial charge in [-0.3, -0.25) is 24.0 Å². The molecule has 0 aliphatic carbocycles. The summed E-state index contributed by atoms with van der Waals surface area (Å²) in [6.07, 6.45) is 2.79. The molecule has 2 aliphatic rings. The van der Waals surface area contributed by atoms with Crippen LogP contribution in [0, 0.1) is 0 Å². The SMILES string of the molecule is CC[C@]1(C)NC(=O)[C@H](CCCCCC(=O)[C@@H](C)O)NC(=O)C2CCCN2C(=O)[C@H](Cc2ccc(OCc3ccccc3)cc2)NC1=O. The summed E-state index contributed by atoms with van der Waals surface area (Å²) in [6, 6.07) is 14.6. The van der Waals surface area contributed by atoms with Gasteiger partial charge in [0.25, 0.3) is 0 Å². The summed E-state index contributed by atoms with van der Waals surface area (Å²) in [5, 5.41) is 18.1. The summed E-state index contributed by atoms with van der Waals surface area (Å²) in [4.78, 5) is 68.2. The van der Waals surface area contributed by atoms with Gasteiger partial charge in [-0.1, -0.05) is 62.2 Å². The van der Waals surface area contributed by atoms with Gasteiger partial charge < -0.3 is 30.7 Å². The molecule has 0 spiro atoms. The van der Waals surface area contributed by atoms with Crippen molar-refractivity contribution in [2.75, 3.05) is 6.54 Å². The third kappa shape index (κ3) is 9.63. The topological polar surface area (TPSA) is 154 Å². The smallest absolute Gasteiger partial charge is 0.246 e. The minimum Gasteiger partial charge on any atom is -0.489 e. The Hall–Kier alpha value is -4.25. The van der Waals surface area contributed by atoms with Crippen molar-refractivity contribution in [1.82, 2.24) is 20.9 Å². The molecule has 2 fully saturated rings. The normalized spacial score (nSPS) is 24.3. The molecule has 4 N–H and O–H groups in total. The summed E-state index contributed by atoms with van der Waals surface area (Å²) >= 11 is 0. The summed E-state index contributed by atoms with van der Waals surface area (Å²) < 4.78 is 5.90. The first kappa shape index (κ1) is 35.6. The molecule has 254 valence electrons. The zero-order chi connectivity index (χ0) is 34.0. The number of benzene rings is 2. The van der Waals surface area contributed by atoms with Crippen molar-refractivity contribution in [3.05, 3.63) is 65.7 Å². The Kier molecular flexibility index (Phi) is 12.5. The van der Waals surface area contributed by atoms with E-state index in [1.807, 2.05) is 54.6 Å². The number of aliphatic hydroxyl groups excluding tert-OH is 1. The van der Waals surface area contributed by atoms with Gasteiger partial charge in [-0.2, -0.15) is 0 Å². The van der Waals surface area contributed by atoms with Gasteiger partial charge in [0.05, 0.1) is 0 Å². The van der Waals surface area contributed by atoms with E-state index >= 15 is 0 Å². The summed E-state index contributed by atoms with van der Waals surface area (Å²) in [5.74, 6) is -1.26. The van der Waals surface area contributed by atoms with Crippen molar-refractivity contribution in [2.45, 2.75) is 115 Å². The summed E-state index contributed by atoms with van der Waals surface area (Å²) in [7, 11) is 0. The number of Topliss-reactive ketones (excluding diaryl/α,β-unsaturated/α-hetero) is 1. The zero-order valence-corrected chi connectivity index (χ0v) is 27.6. The molecule has 2 aromatic rings. The molecule has 4 rings (SSSR count). The Morgan fingerprint density at radius 1 is 0.957 bits per heavy atom. The number of ether oxygens (including phenoxy) is 1. The highest BCUT2D eigenvalue weighted by Crippen LogP contribution is 2.23. The van der Waals surface area contributed by atoms with Crippen LogP contribution in [0.3, 0.4) is 0 Å². The molecule has 2 saturated heterocycles. The first-order chi connectivity index (χ1) is 22.5. The van der Waals surface area contributed by atoms with E-state index in [2.05, 4.69) is 16.0 Å². The average Bonchev–Trinajstić information content (AvgIpc) is 3.56. The lowest BCUT2D eigenvalue weighted by atomic mass is 9.94. The number of hydrogen-bond acceptors (Lipinski definition) is 7. The maximum atomic E-state index is 14.0. The summed E-state index contributed by atoms with van der Waals surface area (Å²) in [6.45, 7) is 5.62. The number of ketones is 1. The zero-order valence-electron chi connectivity index (χ0n) is 27.6. The van der Waals surface area contributed by atoms with Crippen LogP contribution in [0.2, 0.25) is 0 Å². The molecule has 2 aliphatic heterocycles. The molecule has 0 radical (unpaired) electrons. The van der Waals surface area contributed by atoms with Gasteiger partial charge in [-0.05, 0) is 69.2 Å². The Balaban J connectivity index is 1.48. The molecule has 4 amide bonds. The van der Waals surface area contributed by atoms with Crippen LogP contribution < -0.4 is 20.7 Å². The van der Waals surface area contributed by atoms with E-state index in [9.17, 15) is 29.1 Å². The lowest BCUT2D eigenvalue weighted by Crippen LogP contribution is -2.65. The quantitative estimate of drug-likeness (QED) is 0.244. The van der Waals surface area contributed by atoms with Crippen LogP contribution in [0.25, 0.3) is 0 Å². The van der Waals surface area contributed by atoms with E-state index in [-0.39, 0.29) is 31.0 Å². The van der Waals surface area contributed by atoms with E-state index < -0.39 is 47.5 Å². The molecular formula is C36H48N4O7. The largest absolute Gasteiger partial charge is 0.489 e. The number of nitrogens with one attached hydrogen (secondary N) is 3. The van der Waals surface area contributed by atoms with E-state index in [1.165, 1.54) is 11.8 Å². The Morgan fingerprint density at radius 3 is 2.36 bits per heavy atom. The third-order valence-electron chi connectivity index (χ3n) is 9.18. The van der Waals surface area contributed by atoms with E-state index in [0.29, 0.717) is 57.4 Å². The van der Waals surface area contributed by atoms with Crippen molar-refractivity contribution in [3.8, 4) is 5.75 Å². The standard InChI is InChI=1S/C36H48N4O7/c1-4-36(3)35(46)38-29(22-25-17-19-27(20-18-25)47-23-26-12-7-5-8-13-26)34(45)40-21-11-15-30(40)33(44)37-28(32(43)39-36)14-9-6-10-16-31(42)24(2)41/h5,7-8,12-13,17-20,24,28-30,41H,4,6,9-11,14-16,21-23H2,1-3H3,(H,37,44)(H,38,46)(H,39,43)/t24-,28+,29+,30?,36+/m1/s1. The molecule has 5 atom stereocenters. The maximum Gasteiger partial charge on any atom is 0.246 e. The molecule has 2 aromatic carbocycles. The number of nitrogens with zero attached hydrogens (tertiary/aromatic N) is 1. The Bertz CT molecular complexity index is 1400. The molecule has 0 bridgehead atoms. The molecule has 1 unspecified atom stereocenters. The van der Waals surface area contributed by atoms with Gasteiger partial charge in [0.1, 0.15) is 42.1 Å². The van der Waals surface area contributed by atoms with Gasteiger partial charge in [-0.15, -0.1) is 0 Å². The highest BCUT2D eigenvalue weighted by molar-refractivity contribution is 5.99. The number of hydrogen-bond donors (Lipinski definition) is 4. The third-order valence-corrected chi connectivity index (χ3v) is 9.18. The van der Waals surface area contributed by atoms with Crippen LogP contribution in [0.15, 0.2) is 54.6 Å². The minimum absolute atomic E-state index is 0.197. The van der Waals surface area contributed by atoms with Crippen LogP contribution in [0.1, 0.15) is 83.3 Å². The molecule has 11 heteroatoms. The van der Waals surface area contributed by atoms with E-state index in [4.69, 9.17) is 4.74 Å². The number of carbonyl (C=O) groups is 5. The van der Waals surface area contributed by atoms with Crippen molar-refractivity contribution >= 4 is 29.4 Å². The first-order valence-corrected chi connectivity index (χ1v) is 16.7. The highest BCUT2D eigenvalue weighted by Gasteiger charge is 2.43. The van der Waals surface area contributed by atoms with Crippen molar-refractivity contribution in [1.29, 1.82) is 0 Å². The molecule has 0 aromatic heterocycles. The van der Waals surface area contributed by atoms with Crippen LogP contribution in [0.4, 0.5) is 0 Å². The fourth-order valence-corrected chi connectivity index (χ4v) is 5.95. The van der Waals surface area contributed by atoms with Crippen molar-refractivity contribution in [3.63, 3.8) is 0 Å². The van der Waals surface area contributed by atoms with E-state index in [0.717, 1.165) is 11.1 Å². The molecule has 0 saturated carbocycles. The van der Waals surface area contributed by atoms with Crippen LogP contribution >= 0.6 is 0 Å². The number of aliphatic hydroxyl groups is 1. The van der Waals surface area contributed by atoms with Gasteiger partial charge in [0.2, 0.25) is 23.6 Å².